The van der Waals surface area contributed by atoms with Crippen molar-refractivity contribution in [1.29, 1.82) is 0 Å². The molecule has 0 amide bonds. The highest BCUT2D eigenvalue weighted by Gasteiger charge is 2.40. The summed E-state index contributed by atoms with van der Waals surface area (Å²) < 4.78 is 64.4. The molecule has 10 atom stereocenters. The van der Waals surface area contributed by atoms with E-state index < -0.39 is 6.10 Å². The van der Waals surface area contributed by atoms with Crippen molar-refractivity contribution in [3.05, 3.63) is 198 Å². The summed E-state index contributed by atoms with van der Waals surface area (Å²) in [7, 11) is 0. The van der Waals surface area contributed by atoms with Crippen LogP contribution in [0.1, 0.15) is 385 Å². The highest BCUT2D eigenvalue weighted by Crippen LogP contribution is 2.49. The van der Waals surface area contributed by atoms with Crippen molar-refractivity contribution >= 4 is 0 Å². The Morgan fingerprint density at radius 1 is 0.326 bits per heavy atom. The maximum Gasteiger partial charge on any atom is 0.130 e. The normalized spacial score (nSPS) is 17.5. The van der Waals surface area contributed by atoms with Gasteiger partial charge in [-0.05, 0) is 304 Å². The lowest BCUT2D eigenvalue weighted by atomic mass is 9.89. The van der Waals surface area contributed by atoms with Crippen LogP contribution in [0.3, 0.4) is 0 Å². The summed E-state index contributed by atoms with van der Waals surface area (Å²) in [5.41, 5.74) is 2.93. The van der Waals surface area contributed by atoms with Crippen LogP contribution < -0.4 is 52.1 Å². The molecule has 7 aromatic rings. The van der Waals surface area contributed by atoms with Crippen LogP contribution >= 0.6 is 0 Å². The quantitative estimate of drug-likeness (QED) is 0.0309. The summed E-state index contributed by atoms with van der Waals surface area (Å²) in [6.07, 6.45) is 43.5. The second kappa shape index (κ2) is 68.9. The highest BCUT2D eigenvalue weighted by molar-refractivity contribution is 5.38. The number of hydrogen-bond acceptors (Lipinski definition) is 14. The number of aliphatic hydroxyl groups is 3. The fraction of sp³-hybridized carbons (Fsp3) is 0.636. The van der Waals surface area contributed by atoms with Crippen LogP contribution in [0.2, 0.25) is 0 Å². The molecule has 3 N–H and O–H groups in total. The largest absolute Gasteiger partial charge is 0.493 e. The van der Waals surface area contributed by atoms with E-state index in [0.717, 1.165) is 239 Å². The minimum Gasteiger partial charge on any atom is -0.493 e. The first-order valence-electron chi connectivity index (χ1n) is 54.0. The molecule has 5 aliphatic carbocycles. The van der Waals surface area contributed by atoms with E-state index in [-0.39, 0.29) is 36.4 Å². The third-order valence-corrected chi connectivity index (χ3v) is 28.4. The molecular formula is C121H188O14. The van der Waals surface area contributed by atoms with Crippen molar-refractivity contribution in [3.8, 4) is 63.2 Å². The molecule has 0 aromatic heterocycles. The van der Waals surface area contributed by atoms with Gasteiger partial charge in [-0.3, -0.25) is 0 Å². The molecule has 2 bridgehead atoms. The van der Waals surface area contributed by atoms with E-state index in [1.54, 1.807) is 0 Å². The first-order valence-corrected chi connectivity index (χ1v) is 54.0. The molecule has 14 nitrogen and oxygen atoms in total. The number of allylic oxidation sites excluding steroid dienone is 2. The lowest BCUT2D eigenvalue weighted by molar-refractivity contribution is 0.103. The number of benzene rings is 7. The molecule has 5 fully saturated rings. The summed E-state index contributed by atoms with van der Waals surface area (Å²) in [4.78, 5) is 0. The van der Waals surface area contributed by atoms with Crippen LogP contribution in [-0.2, 0) is 0 Å². The Hall–Kier alpha value is -8.04. The van der Waals surface area contributed by atoms with Crippen molar-refractivity contribution in [2.45, 2.75) is 386 Å². The van der Waals surface area contributed by atoms with Gasteiger partial charge in [0.1, 0.15) is 63.2 Å². The summed E-state index contributed by atoms with van der Waals surface area (Å²) in [5, 5.41) is 30.7. The Kier molecular flexibility index (Phi) is 59.0. The van der Waals surface area contributed by atoms with E-state index in [1.807, 2.05) is 190 Å². The van der Waals surface area contributed by atoms with Crippen LogP contribution in [0.25, 0.3) is 0 Å². The topological polar surface area (TPSA) is 162 Å². The summed E-state index contributed by atoms with van der Waals surface area (Å²) >= 11 is 0. The predicted octanol–water partition coefficient (Wildman–Crippen LogP) is 33.6. The number of rotatable bonds is 50. The first-order chi connectivity index (χ1) is 65.5. The molecule has 135 heavy (non-hydrogen) atoms. The average Bonchev–Trinajstić information content (AvgIpc) is 1.63. The predicted molar refractivity (Wildman–Crippen MR) is 564 cm³/mol. The van der Waals surface area contributed by atoms with E-state index in [2.05, 4.69) is 118 Å². The zero-order valence-corrected chi connectivity index (χ0v) is 87.9. The van der Waals surface area contributed by atoms with Crippen LogP contribution in [0.4, 0.5) is 0 Å². The third kappa shape index (κ3) is 46.5. The minimum absolute atomic E-state index is 0.248. The Labute approximate surface area is 822 Å². The molecule has 0 spiro atoms. The zero-order valence-electron chi connectivity index (χ0n) is 87.9. The number of fused-ring (bicyclic) bond motifs is 2. The van der Waals surface area contributed by atoms with E-state index >= 15 is 0 Å². The Morgan fingerprint density at radius 3 is 1.02 bits per heavy atom. The van der Waals surface area contributed by atoms with Crippen LogP contribution in [0, 0.1) is 65.1 Å². The molecule has 0 heterocycles. The van der Waals surface area contributed by atoms with E-state index in [1.165, 1.54) is 141 Å². The van der Waals surface area contributed by atoms with Crippen molar-refractivity contribution in [2.75, 3.05) is 46.2 Å². The van der Waals surface area contributed by atoms with Crippen LogP contribution in [0.5, 0.6) is 63.2 Å². The second-order valence-corrected chi connectivity index (χ2v) is 39.4. The van der Waals surface area contributed by atoms with Crippen LogP contribution in [0.15, 0.2) is 182 Å². The van der Waals surface area contributed by atoms with E-state index in [4.69, 9.17) is 52.1 Å². The number of hydrogen-bond donors (Lipinski definition) is 3. The fourth-order valence-corrected chi connectivity index (χ4v) is 18.2. The van der Waals surface area contributed by atoms with Gasteiger partial charge in [0.15, 0.2) is 0 Å². The lowest BCUT2D eigenvalue weighted by Gasteiger charge is -2.23. The minimum atomic E-state index is -0.401. The summed E-state index contributed by atoms with van der Waals surface area (Å²) in [5.74, 6) is 18.2. The Balaban J connectivity index is 0.000000242. The third-order valence-electron chi connectivity index (χ3n) is 28.4. The highest BCUT2D eigenvalue weighted by atomic mass is 16.5. The Morgan fingerprint density at radius 2 is 0.659 bits per heavy atom. The molecule has 5 saturated carbocycles. The Bertz CT molecular complexity index is 4140. The van der Waals surface area contributed by atoms with Gasteiger partial charge in [-0.1, -0.05) is 280 Å². The average molecular weight is 1870 g/mol. The zero-order chi connectivity index (χ0) is 97.8. The molecule has 12 rings (SSSR count). The molecule has 14 heteroatoms. The van der Waals surface area contributed by atoms with Crippen molar-refractivity contribution in [2.24, 2.45) is 65.1 Å². The SMILES string of the molecule is C/C=C(\C)Oc1cccc(OCC(CC)CC)c1.CCC(CC)COc1cccc([C@H](O)[C@H](C)CC)c1.CCC(CC)[C@@H](O)c1cccc(OCC2CCCCC2)c1.CCCC(CCC)COc1cccc(O[C@H](C)CC)c1.CCCC(O)c1cccc(OCC2CC3CCC2C3)c1.CC[C@@H](C)Oc1cccc(OCC2CCCC2)c1.CC[C@@H](C)Oc1cccc(OCC2CCCCC2)c1. The fourth-order valence-electron chi connectivity index (χ4n) is 18.2. The van der Waals surface area contributed by atoms with Gasteiger partial charge in [0, 0.05) is 24.3 Å². The van der Waals surface area contributed by atoms with Gasteiger partial charge >= 0.3 is 0 Å². The molecule has 7 aromatic carbocycles. The summed E-state index contributed by atoms with van der Waals surface area (Å²) in [6, 6.07) is 55.8. The van der Waals surface area contributed by atoms with Crippen molar-refractivity contribution in [1.82, 2.24) is 0 Å². The summed E-state index contributed by atoms with van der Waals surface area (Å²) in [6.45, 7) is 46.1. The molecule has 0 aliphatic heterocycles. The van der Waals surface area contributed by atoms with Gasteiger partial charge in [0.25, 0.3) is 0 Å². The van der Waals surface area contributed by atoms with Gasteiger partial charge in [-0.2, -0.15) is 0 Å². The van der Waals surface area contributed by atoms with Gasteiger partial charge in [0.05, 0.1) is 88.6 Å². The first kappa shape index (κ1) is 116. The number of ether oxygens (including phenoxy) is 11. The maximum absolute atomic E-state index is 10.5. The maximum atomic E-state index is 10.5. The standard InChI is InChI=1S/C19H30O2.C18H26O2.C18H30O2.C17H26O2.C17H28O2.2C16H24O2/c1-3-16(4-2)19(20)17-11-8-12-18(13-17)21-14-15-9-6-5-7-10-15;1-2-4-18(19)15-5-3-6-17(11-15)20-12-16-10-13-7-8-14(16)9-13;1-5-9-16(10-6-2)14-19-17-11-8-12-18(13-17)20-15(4)7-3;1-3-14(2)19-17-11-7-10-16(12-17)18-13-15-8-5-4-6-9-15;1-5-13(4)17(18)15-9-8-10-16(11-15)19-12-14(6-2)7-3;1-3-13(2)18-16-10-6-9-15(11-16)17-12-14-7-4-5-8-14;1-5-13(4)18-16-10-8-9-15(11-16)17-12-14(6-2)7-3/h8,11-13,15-16,19-20H,3-7,9-10,14H2,1-2H3;3,5-6,11,13-14,16,18-19H,2,4,7-10,12H2,1H3;8,11-13,15-16H,5-7,9-10,14H2,1-4H3;7,10-12,14-15H,3-6,8-9,13H2,1-2H3;8-11,13-14,17-18H,5-7,12H2,1-4H3;6,9-11,13-14H,3-5,7-8,12H2,1-2H3;5,8-11,14H,6-7,12H2,1-4H3/b;;;;;;13-5+/t19-;;15-;14-;13-,17-;13-;/m1.1111./s1. The lowest BCUT2D eigenvalue weighted by Crippen LogP contribution is -2.18. The van der Waals surface area contributed by atoms with E-state index in [0.29, 0.717) is 29.6 Å². The monoisotopic (exact) mass is 1870 g/mol. The smallest absolute Gasteiger partial charge is 0.130 e. The molecule has 4 unspecified atom stereocenters. The van der Waals surface area contributed by atoms with Gasteiger partial charge in [0.2, 0.25) is 0 Å². The van der Waals surface area contributed by atoms with Gasteiger partial charge in [-0.25, -0.2) is 0 Å². The molecule has 756 valence electrons. The molecular weight excluding hydrogens is 1680 g/mol. The van der Waals surface area contributed by atoms with Crippen molar-refractivity contribution in [3.63, 3.8) is 0 Å². The molecule has 5 aliphatic rings. The van der Waals surface area contributed by atoms with Crippen molar-refractivity contribution < 1.29 is 67.4 Å². The van der Waals surface area contributed by atoms with Gasteiger partial charge < -0.3 is 67.4 Å². The van der Waals surface area contributed by atoms with E-state index in [9.17, 15) is 15.3 Å². The second-order valence-electron chi connectivity index (χ2n) is 39.4. The number of aliphatic hydroxyl groups excluding tert-OH is 3. The van der Waals surface area contributed by atoms with Crippen LogP contribution in [-0.4, -0.2) is 79.9 Å². The van der Waals surface area contributed by atoms with Gasteiger partial charge in [-0.15, -0.1) is 0 Å². The molecule has 0 saturated heterocycles. The molecule has 0 radical (unpaired) electrons.